The Balaban J connectivity index is 1.31. The lowest BCUT2D eigenvalue weighted by molar-refractivity contribution is -0.123. The van der Waals surface area contributed by atoms with Crippen LogP contribution in [-0.4, -0.2) is 23.9 Å². The third-order valence-electron chi connectivity index (χ3n) is 8.92. The molecule has 2 atom stereocenters. The summed E-state index contributed by atoms with van der Waals surface area (Å²) in [5, 5.41) is 4.50. The van der Waals surface area contributed by atoms with Gasteiger partial charge < -0.3 is 0 Å². The van der Waals surface area contributed by atoms with Gasteiger partial charge in [-0.05, 0) is 53.3 Å². The average Bonchev–Trinajstić information content (AvgIpc) is 3.28. The minimum atomic E-state index is -1.01. The molecule has 41 heavy (non-hydrogen) atoms. The largest absolute Gasteiger partial charge is 0.274 e. The summed E-state index contributed by atoms with van der Waals surface area (Å²) in [4.78, 5) is 42.7. The van der Waals surface area contributed by atoms with E-state index in [0.717, 1.165) is 33.4 Å². The fourth-order valence-electron chi connectivity index (χ4n) is 7.16. The minimum Gasteiger partial charge on any atom is -0.274 e. The van der Waals surface area contributed by atoms with Gasteiger partial charge in [0.1, 0.15) is 0 Å². The molecule has 0 spiro atoms. The normalized spacial score (nSPS) is 23.8. The van der Waals surface area contributed by atoms with Crippen molar-refractivity contribution in [2.24, 2.45) is 16.9 Å². The van der Waals surface area contributed by atoms with Crippen LogP contribution >= 0.6 is 0 Å². The van der Waals surface area contributed by atoms with Gasteiger partial charge in [-0.15, -0.1) is 0 Å². The summed E-state index contributed by atoms with van der Waals surface area (Å²) in [6, 6.07) is 33.4. The molecule has 4 aromatic rings. The molecule has 0 aromatic heterocycles. The van der Waals surface area contributed by atoms with Gasteiger partial charge in [-0.1, -0.05) is 96.6 Å². The van der Waals surface area contributed by atoms with Crippen LogP contribution in [0, 0.1) is 18.8 Å². The molecule has 1 aliphatic heterocycles. The Labute approximate surface area is 238 Å². The molecule has 0 saturated carbocycles. The van der Waals surface area contributed by atoms with E-state index in [9.17, 15) is 14.4 Å². The van der Waals surface area contributed by atoms with Crippen LogP contribution in [0.15, 0.2) is 108 Å². The first-order chi connectivity index (χ1) is 20.0. The number of carbonyl (C=O) groups is 3. The highest BCUT2D eigenvalue weighted by molar-refractivity contribution is 6.25. The van der Waals surface area contributed by atoms with E-state index in [1.807, 2.05) is 97.9 Å². The summed E-state index contributed by atoms with van der Waals surface area (Å²) < 4.78 is 0. The standard InChI is InChI=1S/C35H29N3O3/c1-22-15-18-24(19-16-22)38-33(40)31-30-25-11-5-7-13-27(25)35(32(31)34(38)41,28-14-8-6-12-26(28)30)21-36-37-29(39)20-17-23-9-3-2-4-10-23/h2-16,18-19,21,30-32H,17,20H2,1H3,(H,37,39)/b36-21-/t30?,31-,32-,35?/m1/s1. The second-order valence-electron chi connectivity index (χ2n) is 11.2. The lowest BCUT2D eigenvalue weighted by atomic mass is 9.47. The Kier molecular flexibility index (Phi) is 5.93. The molecule has 2 bridgehead atoms. The van der Waals surface area contributed by atoms with Crippen molar-refractivity contribution in [2.75, 3.05) is 4.90 Å². The molecule has 0 unspecified atom stereocenters. The summed E-state index contributed by atoms with van der Waals surface area (Å²) in [7, 11) is 0. The van der Waals surface area contributed by atoms with E-state index in [4.69, 9.17) is 0 Å². The number of carbonyl (C=O) groups excluding carboxylic acids is 3. The quantitative estimate of drug-likeness (QED) is 0.206. The van der Waals surface area contributed by atoms with E-state index in [1.54, 1.807) is 6.21 Å². The number of hydrazone groups is 1. The Morgan fingerprint density at radius 3 is 2.10 bits per heavy atom. The first kappa shape index (κ1) is 25.1. The molecule has 202 valence electrons. The zero-order valence-corrected chi connectivity index (χ0v) is 22.7. The topological polar surface area (TPSA) is 78.8 Å². The van der Waals surface area contributed by atoms with Crippen molar-refractivity contribution in [3.05, 3.63) is 137 Å². The molecular formula is C35H29N3O3. The van der Waals surface area contributed by atoms with Crippen molar-refractivity contribution < 1.29 is 14.4 Å². The molecule has 4 aliphatic rings. The third kappa shape index (κ3) is 3.78. The number of nitrogens with one attached hydrogen (secondary N) is 1. The van der Waals surface area contributed by atoms with Gasteiger partial charge in [0.15, 0.2) is 0 Å². The van der Waals surface area contributed by atoms with Gasteiger partial charge in [0.05, 0.1) is 22.9 Å². The van der Waals surface area contributed by atoms with Crippen molar-refractivity contribution >= 4 is 29.6 Å². The summed E-state index contributed by atoms with van der Waals surface area (Å²) in [6.45, 7) is 1.98. The Morgan fingerprint density at radius 1 is 0.829 bits per heavy atom. The fourth-order valence-corrected chi connectivity index (χ4v) is 7.16. The molecular weight excluding hydrogens is 510 g/mol. The number of amides is 3. The molecule has 8 rings (SSSR count). The molecule has 1 saturated heterocycles. The van der Waals surface area contributed by atoms with Crippen molar-refractivity contribution in [3.8, 4) is 0 Å². The van der Waals surface area contributed by atoms with Gasteiger partial charge in [-0.25, -0.2) is 10.3 Å². The first-order valence-corrected chi connectivity index (χ1v) is 14.0. The van der Waals surface area contributed by atoms with Crippen LogP contribution < -0.4 is 10.3 Å². The number of nitrogens with zero attached hydrogens (tertiary/aromatic N) is 2. The molecule has 3 amide bonds. The van der Waals surface area contributed by atoms with Gasteiger partial charge in [0, 0.05) is 18.6 Å². The predicted molar refractivity (Wildman–Crippen MR) is 158 cm³/mol. The van der Waals surface area contributed by atoms with E-state index >= 15 is 0 Å². The van der Waals surface area contributed by atoms with Gasteiger partial charge in [-0.2, -0.15) is 5.10 Å². The number of hydrogen-bond donors (Lipinski definition) is 1. The number of aryl methyl sites for hydroxylation is 2. The van der Waals surface area contributed by atoms with Crippen molar-refractivity contribution in [3.63, 3.8) is 0 Å². The molecule has 6 nitrogen and oxygen atoms in total. The van der Waals surface area contributed by atoms with E-state index in [0.29, 0.717) is 12.1 Å². The molecule has 3 aliphatic carbocycles. The Morgan fingerprint density at radius 2 is 1.44 bits per heavy atom. The minimum absolute atomic E-state index is 0.192. The molecule has 1 N–H and O–H groups in total. The Bertz CT molecular complexity index is 1660. The highest BCUT2D eigenvalue weighted by Gasteiger charge is 2.68. The predicted octanol–water partition coefficient (Wildman–Crippen LogP) is 5.28. The second-order valence-corrected chi connectivity index (χ2v) is 11.2. The summed E-state index contributed by atoms with van der Waals surface area (Å²) in [5.41, 5.74) is 8.39. The van der Waals surface area contributed by atoms with E-state index in [2.05, 4.69) is 22.7 Å². The number of anilines is 1. The van der Waals surface area contributed by atoms with Crippen LogP contribution in [0.25, 0.3) is 0 Å². The number of imide groups is 1. The van der Waals surface area contributed by atoms with Gasteiger partial charge in [0.25, 0.3) is 0 Å². The average molecular weight is 540 g/mol. The van der Waals surface area contributed by atoms with Crippen molar-refractivity contribution in [1.82, 2.24) is 5.43 Å². The lowest BCUT2D eigenvalue weighted by Gasteiger charge is -2.52. The smallest absolute Gasteiger partial charge is 0.240 e. The maximum atomic E-state index is 14.4. The zero-order chi connectivity index (χ0) is 28.1. The van der Waals surface area contributed by atoms with Gasteiger partial charge in [-0.3, -0.25) is 14.4 Å². The summed E-state index contributed by atoms with van der Waals surface area (Å²) in [5.74, 6) is -2.14. The summed E-state index contributed by atoms with van der Waals surface area (Å²) >= 11 is 0. The SMILES string of the molecule is Cc1ccc(N2C(=O)[C@@H]3C4c5ccccc5C(/C=N\NC(=O)CCc5ccccc5)(c5ccccc54)[C@H]3C2=O)cc1. The number of hydrogen-bond acceptors (Lipinski definition) is 4. The van der Waals surface area contributed by atoms with Gasteiger partial charge in [0.2, 0.25) is 17.7 Å². The van der Waals surface area contributed by atoms with Crippen molar-refractivity contribution in [2.45, 2.75) is 31.1 Å². The summed E-state index contributed by atoms with van der Waals surface area (Å²) in [6.07, 6.45) is 2.60. The van der Waals surface area contributed by atoms with Crippen molar-refractivity contribution in [1.29, 1.82) is 0 Å². The van der Waals surface area contributed by atoms with E-state index in [1.165, 1.54) is 4.90 Å². The second kappa shape index (κ2) is 9.66. The van der Waals surface area contributed by atoms with Crippen LogP contribution in [0.3, 0.4) is 0 Å². The zero-order valence-electron chi connectivity index (χ0n) is 22.7. The molecule has 6 heteroatoms. The van der Waals surface area contributed by atoms with E-state index in [-0.39, 0.29) is 30.1 Å². The van der Waals surface area contributed by atoms with Crippen LogP contribution in [-0.2, 0) is 26.2 Å². The van der Waals surface area contributed by atoms with Crippen LogP contribution in [0.2, 0.25) is 0 Å². The molecule has 0 radical (unpaired) electrons. The fraction of sp³-hybridized carbons (Fsp3) is 0.200. The number of benzene rings is 4. The van der Waals surface area contributed by atoms with Crippen LogP contribution in [0.1, 0.15) is 45.7 Å². The maximum absolute atomic E-state index is 14.4. The third-order valence-corrected chi connectivity index (χ3v) is 8.92. The Hall–Kier alpha value is -4.84. The van der Waals surface area contributed by atoms with Gasteiger partial charge >= 0.3 is 0 Å². The van der Waals surface area contributed by atoms with Crippen LogP contribution in [0.5, 0.6) is 0 Å². The molecule has 1 fully saturated rings. The van der Waals surface area contributed by atoms with Crippen LogP contribution in [0.4, 0.5) is 5.69 Å². The first-order valence-electron chi connectivity index (χ1n) is 14.0. The molecule has 1 heterocycles. The number of rotatable bonds is 6. The lowest BCUT2D eigenvalue weighted by Crippen LogP contribution is -2.54. The highest BCUT2D eigenvalue weighted by Crippen LogP contribution is 2.63. The van der Waals surface area contributed by atoms with E-state index < -0.39 is 17.3 Å². The molecule has 4 aromatic carbocycles. The maximum Gasteiger partial charge on any atom is 0.240 e. The highest BCUT2D eigenvalue weighted by atomic mass is 16.2. The monoisotopic (exact) mass is 539 g/mol.